The fourth-order valence-electron chi connectivity index (χ4n) is 2.09. The van der Waals surface area contributed by atoms with Crippen molar-refractivity contribution in [2.45, 2.75) is 37.9 Å². The maximum atomic E-state index is 5.98. The molecule has 1 fully saturated rings. The minimum Gasteiger partial charge on any atom is -0.326 e. The summed E-state index contributed by atoms with van der Waals surface area (Å²) >= 11 is 0. The van der Waals surface area contributed by atoms with E-state index in [0.717, 1.165) is 6.54 Å². The Balaban J connectivity index is 1.82. The highest BCUT2D eigenvalue weighted by atomic mass is 15.0. The number of hydrogen-bond acceptors (Lipinski definition) is 2. The van der Waals surface area contributed by atoms with Gasteiger partial charge in [0.2, 0.25) is 0 Å². The van der Waals surface area contributed by atoms with Crippen molar-refractivity contribution in [2.24, 2.45) is 5.73 Å². The standard InChI is InChI=1S/C12H18N2/c13-11-7-4-8-12(11)14-9-10-5-2-1-3-6-10/h1-3,5-6,11-12,14H,4,7-9,13H2. The van der Waals surface area contributed by atoms with Crippen molar-refractivity contribution in [3.63, 3.8) is 0 Å². The molecule has 0 aromatic heterocycles. The van der Waals surface area contributed by atoms with E-state index >= 15 is 0 Å². The van der Waals surface area contributed by atoms with E-state index in [0.29, 0.717) is 12.1 Å². The van der Waals surface area contributed by atoms with Gasteiger partial charge in [-0.25, -0.2) is 0 Å². The summed E-state index contributed by atoms with van der Waals surface area (Å²) in [7, 11) is 0. The molecule has 1 aromatic rings. The van der Waals surface area contributed by atoms with E-state index in [4.69, 9.17) is 5.73 Å². The molecule has 0 spiro atoms. The van der Waals surface area contributed by atoms with Gasteiger partial charge in [-0.1, -0.05) is 36.8 Å². The summed E-state index contributed by atoms with van der Waals surface area (Å²) in [5.74, 6) is 0. The van der Waals surface area contributed by atoms with Crippen LogP contribution in [0.2, 0.25) is 0 Å². The second kappa shape index (κ2) is 4.58. The van der Waals surface area contributed by atoms with Gasteiger partial charge in [-0.05, 0) is 18.4 Å². The summed E-state index contributed by atoms with van der Waals surface area (Å²) in [5, 5.41) is 3.52. The maximum absolute atomic E-state index is 5.98. The molecule has 2 nitrogen and oxygen atoms in total. The summed E-state index contributed by atoms with van der Waals surface area (Å²) in [6, 6.07) is 11.4. The molecule has 0 amide bonds. The Hall–Kier alpha value is -0.860. The molecule has 2 heteroatoms. The predicted molar refractivity (Wildman–Crippen MR) is 58.9 cm³/mol. The molecule has 1 aliphatic rings. The van der Waals surface area contributed by atoms with Crippen LogP contribution >= 0.6 is 0 Å². The minimum atomic E-state index is 0.360. The van der Waals surface area contributed by atoms with Crippen molar-refractivity contribution in [3.8, 4) is 0 Å². The lowest BCUT2D eigenvalue weighted by Crippen LogP contribution is -2.40. The second-order valence-electron chi connectivity index (χ2n) is 4.07. The van der Waals surface area contributed by atoms with Crippen LogP contribution < -0.4 is 11.1 Å². The molecule has 1 aromatic carbocycles. The molecule has 0 saturated heterocycles. The Morgan fingerprint density at radius 2 is 2.00 bits per heavy atom. The molecule has 14 heavy (non-hydrogen) atoms. The highest BCUT2D eigenvalue weighted by Gasteiger charge is 2.22. The van der Waals surface area contributed by atoms with Gasteiger partial charge < -0.3 is 11.1 Å². The Morgan fingerprint density at radius 3 is 2.64 bits per heavy atom. The molecule has 1 aliphatic carbocycles. The quantitative estimate of drug-likeness (QED) is 0.760. The van der Waals surface area contributed by atoms with Crippen molar-refractivity contribution >= 4 is 0 Å². The van der Waals surface area contributed by atoms with Crippen LogP contribution in [0, 0.1) is 0 Å². The minimum absolute atomic E-state index is 0.360. The normalized spacial score (nSPS) is 26.6. The molecule has 2 rings (SSSR count). The van der Waals surface area contributed by atoms with E-state index < -0.39 is 0 Å². The fraction of sp³-hybridized carbons (Fsp3) is 0.500. The van der Waals surface area contributed by atoms with Gasteiger partial charge in [0, 0.05) is 18.6 Å². The number of hydrogen-bond donors (Lipinski definition) is 2. The average molecular weight is 190 g/mol. The lowest BCUT2D eigenvalue weighted by molar-refractivity contribution is 0.475. The first-order valence-corrected chi connectivity index (χ1v) is 5.39. The van der Waals surface area contributed by atoms with Gasteiger partial charge in [-0.15, -0.1) is 0 Å². The number of nitrogens with one attached hydrogen (secondary N) is 1. The van der Waals surface area contributed by atoms with E-state index in [-0.39, 0.29) is 0 Å². The third kappa shape index (κ3) is 2.34. The summed E-state index contributed by atoms with van der Waals surface area (Å²) in [5.41, 5.74) is 7.32. The average Bonchev–Trinajstić information content (AvgIpc) is 2.63. The van der Waals surface area contributed by atoms with Gasteiger partial charge in [-0.2, -0.15) is 0 Å². The molecular weight excluding hydrogens is 172 g/mol. The largest absolute Gasteiger partial charge is 0.326 e. The van der Waals surface area contributed by atoms with E-state index in [1.807, 2.05) is 6.07 Å². The number of nitrogens with two attached hydrogens (primary N) is 1. The Morgan fingerprint density at radius 1 is 1.21 bits per heavy atom. The van der Waals surface area contributed by atoms with E-state index in [2.05, 4.69) is 29.6 Å². The smallest absolute Gasteiger partial charge is 0.0222 e. The van der Waals surface area contributed by atoms with Crippen LogP contribution in [0.5, 0.6) is 0 Å². The molecule has 0 radical (unpaired) electrons. The molecule has 0 heterocycles. The van der Waals surface area contributed by atoms with Gasteiger partial charge in [0.25, 0.3) is 0 Å². The predicted octanol–water partition coefficient (Wildman–Crippen LogP) is 1.66. The monoisotopic (exact) mass is 190 g/mol. The van der Waals surface area contributed by atoms with Crippen LogP contribution in [0.1, 0.15) is 24.8 Å². The zero-order valence-corrected chi connectivity index (χ0v) is 8.45. The first-order valence-electron chi connectivity index (χ1n) is 5.39. The first-order chi connectivity index (χ1) is 6.86. The molecule has 1 saturated carbocycles. The highest BCUT2D eigenvalue weighted by molar-refractivity contribution is 5.14. The van der Waals surface area contributed by atoms with Crippen molar-refractivity contribution in [3.05, 3.63) is 35.9 Å². The third-order valence-electron chi connectivity index (χ3n) is 2.98. The SMILES string of the molecule is NC1CCCC1NCc1ccccc1. The summed E-state index contributed by atoms with van der Waals surface area (Å²) in [6.45, 7) is 0.944. The van der Waals surface area contributed by atoms with Gasteiger partial charge in [0.15, 0.2) is 0 Å². The zero-order valence-electron chi connectivity index (χ0n) is 8.45. The Kier molecular flexibility index (Phi) is 3.17. The van der Waals surface area contributed by atoms with Crippen molar-refractivity contribution < 1.29 is 0 Å². The summed E-state index contributed by atoms with van der Waals surface area (Å²) in [6.07, 6.45) is 3.67. The Bertz CT molecular complexity index is 271. The van der Waals surface area contributed by atoms with E-state index in [1.54, 1.807) is 0 Å². The molecule has 3 N–H and O–H groups in total. The van der Waals surface area contributed by atoms with Gasteiger partial charge in [0.05, 0.1) is 0 Å². The summed E-state index contributed by atoms with van der Waals surface area (Å²) in [4.78, 5) is 0. The van der Waals surface area contributed by atoms with Crippen LogP contribution in [0.3, 0.4) is 0 Å². The lowest BCUT2D eigenvalue weighted by atomic mass is 10.1. The third-order valence-corrected chi connectivity index (χ3v) is 2.98. The lowest BCUT2D eigenvalue weighted by Gasteiger charge is -2.17. The van der Waals surface area contributed by atoms with E-state index in [9.17, 15) is 0 Å². The fourth-order valence-corrected chi connectivity index (χ4v) is 2.09. The van der Waals surface area contributed by atoms with Crippen molar-refractivity contribution in [1.29, 1.82) is 0 Å². The topological polar surface area (TPSA) is 38.0 Å². The van der Waals surface area contributed by atoms with Crippen LogP contribution in [-0.4, -0.2) is 12.1 Å². The van der Waals surface area contributed by atoms with Gasteiger partial charge >= 0.3 is 0 Å². The molecular formula is C12H18N2. The van der Waals surface area contributed by atoms with Crippen molar-refractivity contribution in [1.82, 2.24) is 5.32 Å². The molecule has 0 aliphatic heterocycles. The first kappa shape index (κ1) is 9.69. The van der Waals surface area contributed by atoms with Crippen molar-refractivity contribution in [2.75, 3.05) is 0 Å². The molecule has 2 unspecified atom stereocenters. The second-order valence-corrected chi connectivity index (χ2v) is 4.07. The molecule has 0 bridgehead atoms. The van der Waals surface area contributed by atoms with E-state index in [1.165, 1.54) is 24.8 Å². The highest BCUT2D eigenvalue weighted by Crippen LogP contribution is 2.17. The number of benzene rings is 1. The number of rotatable bonds is 3. The van der Waals surface area contributed by atoms with Crippen LogP contribution in [0.4, 0.5) is 0 Å². The van der Waals surface area contributed by atoms with Crippen LogP contribution in [0.25, 0.3) is 0 Å². The molecule has 2 atom stereocenters. The van der Waals surface area contributed by atoms with Crippen LogP contribution in [-0.2, 0) is 6.54 Å². The Labute approximate surface area is 85.5 Å². The van der Waals surface area contributed by atoms with Crippen LogP contribution in [0.15, 0.2) is 30.3 Å². The van der Waals surface area contributed by atoms with Gasteiger partial charge in [0.1, 0.15) is 0 Å². The zero-order chi connectivity index (χ0) is 9.80. The molecule has 76 valence electrons. The summed E-state index contributed by atoms with van der Waals surface area (Å²) < 4.78 is 0. The van der Waals surface area contributed by atoms with Gasteiger partial charge in [-0.3, -0.25) is 0 Å². The maximum Gasteiger partial charge on any atom is 0.0222 e.